The fourth-order valence-corrected chi connectivity index (χ4v) is 4.15. The minimum absolute atomic E-state index is 0.0667. The summed E-state index contributed by atoms with van der Waals surface area (Å²) >= 11 is 0. The molecule has 1 unspecified atom stereocenters. The Balaban J connectivity index is 1.41. The second-order valence-corrected chi connectivity index (χ2v) is 7.69. The van der Waals surface area contributed by atoms with Crippen LogP contribution in [0.2, 0.25) is 0 Å². The number of rotatable bonds is 7. The largest absolute Gasteiger partial charge is 0.376 e. The third-order valence-corrected chi connectivity index (χ3v) is 5.63. The number of nitrogens with zero attached hydrogens (tertiary/aromatic N) is 2. The molecule has 1 aromatic carbocycles. The number of fused-ring (bicyclic) bond motifs is 1. The van der Waals surface area contributed by atoms with Crippen molar-refractivity contribution >= 4 is 28.6 Å². The number of piperidine rings is 1. The summed E-state index contributed by atoms with van der Waals surface area (Å²) in [5.41, 5.74) is 1.41. The van der Waals surface area contributed by atoms with Crippen molar-refractivity contribution in [1.29, 1.82) is 0 Å². The fourth-order valence-electron chi connectivity index (χ4n) is 4.15. The van der Waals surface area contributed by atoms with Gasteiger partial charge in [-0.1, -0.05) is 31.0 Å². The number of carbonyl (C=O) groups is 3. The van der Waals surface area contributed by atoms with E-state index in [1.807, 2.05) is 24.3 Å². The summed E-state index contributed by atoms with van der Waals surface area (Å²) in [6.45, 7) is 1.05. The van der Waals surface area contributed by atoms with Gasteiger partial charge in [0.15, 0.2) is 0 Å². The van der Waals surface area contributed by atoms with E-state index in [1.54, 1.807) is 4.68 Å². The Kier molecular flexibility index (Phi) is 5.89. The summed E-state index contributed by atoms with van der Waals surface area (Å²) in [5.74, 6) is -1.22. The number of ether oxygens (including phenoxy) is 1. The summed E-state index contributed by atoms with van der Waals surface area (Å²) in [4.78, 5) is 36.1. The maximum Gasteiger partial charge on any atom is 0.241 e. The van der Waals surface area contributed by atoms with Crippen LogP contribution >= 0.6 is 0 Å². The third-order valence-electron chi connectivity index (χ3n) is 5.63. The van der Waals surface area contributed by atoms with Crippen molar-refractivity contribution in [3.05, 3.63) is 30.0 Å². The van der Waals surface area contributed by atoms with Gasteiger partial charge in [0.1, 0.15) is 6.54 Å². The zero-order chi connectivity index (χ0) is 20.2. The molecule has 0 spiro atoms. The number of imide groups is 1. The topological polar surface area (TPSA) is 102 Å². The molecule has 8 heteroatoms. The average Bonchev–Trinajstić information content (AvgIpc) is 3.34. The van der Waals surface area contributed by atoms with Crippen molar-refractivity contribution in [2.24, 2.45) is 0 Å². The number of hydrogen-bond acceptors (Lipinski definition) is 5. The van der Waals surface area contributed by atoms with E-state index in [2.05, 4.69) is 15.7 Å². The average molecular weight is 398 g/mol. The van der Waals surface area contributed by atoms with Crippen molar-refractivity contribution in [2.45, 2.75) is 57.1 Å². The molecule has 2 aromatic rings. The molecule has 2 aliphatic rings. The Bertz CT molecular complexity index is 917. The molecule has 0 bridgehead atoms. The first-order valence-electron chi connectivity index (χ1n) is 10.3. The molecule has 1 atom stereocenters. The number of nitrogens with one attached hydrogen (secondary N) is 2. The maximum atomic E-state index is 12.4. The van der Waals surface area contributed by atoms with Crippen molar-refractivity contribution in [1.82, 2.24) is 20.4 Å². The summed E-state index contributed by atoms with van der Waals surface area (Å²) in [5, 5.41) is 10.7. The molecular weight excluding hydrogens is 372 g/mol. The summed E-state index contributed by atoms with van der Waals surface area (Å²) in [7, 11) is 0. The highest BCUT2D eigenvalue weighted by Crippen LogP contribution is 2.30. The highest BCUT2D eigenvalue weighted by atomic mass is 16.5. The van der Waals surface area contributed by atoms with Gasteiger partial charge in [-0.2, -0.15) is 5.10 Å². The predicted octanol–water partition coefficient (Wildman–Crippen LogP) is 1.63. The van der Waals surface area contributed by atoms with Crippen molar-refractivity contribution < 1.29 is 19.1 Å². The lowest BCUT2D eigenvalue weighted by molar-refractivity contribution is -0.134. The van der Waals surface area contributed by atoms with Gasteiger partial charge in [0, 0.05) is 18.4 Å². The third kappa shape index (κ3) is 4.48. The second-order valence-electron chi connectivity index (χ2n) is 7.69. The van der Waals surface area contributed by atoms with Crippen LogP contribution in [-0.4, -0.2) is 46.8 Å². The molecule has 4 rings (SSSR count). The van der Waals surface area contributed by atoms with Gasteiger partial charge in [-0.05, 0) is 25.3 Å². The van der Waals surface area contributed by atoms with Crippen LogP contribution in [0.3, 0.4) is 0 Å². The molecule has 1 aromatic heterocycles. The SMILES string of the molecule is O=C(Cn1nc(C2CCC(=O)NC2=O)c2ccccc21)NCCOC1CCCC1. The zero-order valence-corrected chi connectivity index (χ0v) is 16.4. The first-order chi connectivity index (χ1) is 14.1. The van der Waals surface area contributed by atoms with Gasteiger partial charge >= 0.3 is 0 Å². The van der Waals surface area contributed by atoms with Crippen molar-refractivity contribution in [2.75, 3.05) is 13.2 Å². The monoisotopic (exact) mass is 398 g/mol. The molecule has 1 saturated heterocycles. The van der Waals surface area contributed by atoms with Crippen LogP contribution in [0.4, 0.5) is 0 Å². The van der Waals surface area contributed by atoms with E-state index >= 15 is 0 Å². The Hall–Kier alpha value is -2.74. The molecule has 1 saturated carbocycles. The molecule has 2 fully saturated rings. The van der Waals surface area contributed by atoms with Crippen molar-refractivity contribution in [3.63, 3.8) is 0 Å². The maximum absolute atomic E-state index is 12.4. The van der Waals surface area contributed by atoms with Gasteiger partial charge in [-0.15, -0.1) is 0 Å². The lowest BCUT2D eigenvalue weighted by Crippen LogP contribution is -2.39. The van der Waals surface area contributed by atoms with Gasteiger partial charge in [0.2, 0.25) is 17.7 Å². The first kappa shape index (κ1) is 19.6. The van der Waals surface area contributed by atoms with Crippen LogP contribution in [0.5, 0.6) is 0 Å². The molecule has 2 heterocycles. The number of para-hydroxylation sites is 1. The van der Waals surface area contributed by atoms with Crippen molar-refractivity contribution in [3.8, 4) is 0 Å². The summed E-state index contributed by atoms with van der Waals surface area (Å²) in [6, 6.07) is 7.53. The second kappa shape index (κ2) is 8.73. The highest BCUT2D eigenvalue weighted by molar-refractivity contribution is 6.02. The number of amides is 3. The minimum Gasteiger partial charge on any atom is -0.376 e. The van der Waals surface area contributed by atoms with E-state index in [-0.39, 0.29) is 24.3 Å². The first-order valence-corrected chi connectivity index (χ1v) is 10.3. The quantitative estimate of drug-likeness (QED) is 0.545. The van der Waals surface area contributed by atoms with Gasteiger partial charge in [-0.25, -0.2) is 0 Å². The van der Waals surface area contributed by atoms with Crippen LogP contribution in [-0.2, 0) is 25.7 Å². The number of aromatic nitrogens is 2. The number of benzene rings is 1. The van der Waals surface area contributed by atoms with Gasteiger partial charge in [-0.3, -0.25) is 24.4 Å². The van der Waals surface area contributed by atoms with Gasteiger partial charge < -0.3 is 10.1 Å². The smallest absolute Gasteiger partial charge is 0.241 e. The molecule has 29 heavy (non-hydrogen) atoms. The minimum atomic E-state index is -0.485. The standard InChI is InChI=1S/C21H26N4O4/c26-18-10-9-16(21(28)23-18)20-15-7-3-4-8-17(15)25(24-20)13-19(27)22-11-12-29-14-5-1-2-6-14/h3-4,7-8,14,16H,1-2,5-6,9-13H2,(H,22,27)(H,23,26,28). The molecule has 8 nitrogen and oxygen atoms in total. The van der Waals surface area contributed by atoms with E-state index in [1.165, 1.54) is 12.8 Å². The lowest BCUT2D eigenvalue weighted by atomic mass is 9.93. The van der Waals surface area contributed by atoms with Crippen LogP contribution < -0.4 is 10.6 Å². The molecule has 3 amide bonds. The van der Waals surface area contributed by atoms with E-state index in [9.17, 15) is 14.4 Å². The van der Waals surface area contributed by atoms with E-state index in [0.29, 0.717) is 37.8 Å². The predicted molar refractivity (Wildman–Crippen MR) is 106 cm³/mol. The van der Waals surface area contributed by atoms with Crippen LogP contribution in [0, 0.1) is 0 Å². The Labute approximate surface area is 169 Å². The van der Waals surface area contributed by atoms with Crippen LogP contribution in [0.15, 0.2) is 24.3 Å². The van der Waals surface area contributed by atoms with Gasteiger partial charge in [0.05, 0.1) is 29.8 Å². The molecule has 0 radical (unpaired) electrons. The fraction of sp³-hybridized carbons (Fsp3) is 0.524. The van der Waals surface area contributed by atoms with Crippen LogP contribution in [0.25, 0.3) is 10.9 Å². The molecule has 1 aliphatic carbocycles. The van der Waals surface area contributed by atoms with E-state index < -0.39 is 5.92 Å². The van der Waals surface area contributed by atoms with E-state index in [0.717, 1.165) is 23.7 Å². The number of hydrogen-bond donors (Lipinski definition) is 2. The summed E-state index contributed by atoms with van der Waals surface area (Å²) in [6.07, 6.45) is 5.71. The lowest BCUT2D eigenvalue weighted by Gasteiger charge is -2.19. The highest BCUT2D eigenvalue weighted by Gasteiger charge is 2.31. The molecule has 2 N–H and O–H groups in total. The summed E-state index contributed by atoms with van der Waals surface area (Å²) < 4.78 is 7.40. The Morgan fingerprint density at radius 3 is 2.79 bits per heavy atom. The van der Waals surface area contributed by atoms with Crippen LogP contribution in [0.1, 0.15) is 50.1 Å². The van der Waals surface area contributed by atoms with E-state index in [4.69, 9.17) is 4.74 Å². The Morgan fingerprint density at radius 2 is 2.00 bits per heavy atom. The normalized spacial score (nSPS) is 20.2. The molecular formula is C21H26N4O4. The van der Waals surface area contributed by atoms with Gasteiger partial charge in [0.25, 0.3) is 0 Å². The molecule has 154 valence electrons. The zero-order valence-electron chi connectivity index (χ0n) is 16.4. The Morgan fingerprint density at radius 1 is 1.21 bits per heavy atom. The molecule has 1 aliphatic heterocycles. The number of carbonyl (C=O) groups excluding carboxylic acids is 3.